The molecule has 0 spiro atoms. The largest absolute Gasteiger partial charge is 0.328 e. The lowest BCUT2D eigenvalue weighted by Crippen LogP contribution is -2.35. The van der Waals surface area contributed by atoms with E-state index in [4.69, 9.17) is 5.73 Å². The van der Waals surface area contributed by atoms with Crippen molar-refractivity contribution in [1.82, 2.24) is 4.72 Å². The number of sulfonamides is 1. The molecular formula is C9H20N2O2S. The lowest BCUT2D eigenvalue weighted by molar-refractivity contribution is 0.546. The Morgan fingerprint density at radius 3 is 2.64 bits per heavy atom. The molecule has 1 aliphatic carbocycles. The van der Waals surface area contributed by atoms with E-state index < -0.39 is 10.0 Å². The van der Waals surface area contributed by atoms with Crippen molar-refractivity contribution in [3.05, 3.63) is 0 Å². The number of hydrogen-bond acceptors (Lipinski definition) is 3. The van der Waals surface area contributed by atoms with Crippen LogP contribution in [0.5, 0.6) is 0 Å². The fraction of sp³-hybridized carbons (Fsp3) is 1.00. The lowest BCUT2D eigenvalue weighted by Gasteiger charge is -2.12. The SMILES string of the molecule is CCCCS(=O)(=O)NC1CCC(N)C1. The van der Waals surface area contributed by atoms with Gasteiger partial charge in [0.2, 0.25) is 10.0 Å². The van der Waals surface area contributed by atoms with Gasteiger partial charge in [0.1, 0.15) is 0 Å². The summed E-state index contributed by atoms with van der Waals surface area (Å²) in [5, 5.41) is 0. The lowest BCUT2D eigenvalue weighted by atomic mass is 10.2. The summed E-state index contributed by atoms with van der Waals surface area (Å²) in [4.78, 5) is 0. The van der Waals surface area contributed by atoms with Crippen molar-refractivity contribution >= 4 is 10.0 Å². The van der Waals surface area contributed by atoms with Gasteiger partial charge in [0.05, 0.1) is 5.75 Å². The van der Waals surface area contributed by atoms with Crippen LogP contribution in [0.2, 0.25) is 0 Å². The van der Waals surface area contributed by atoms with Gasteiger partial charge in [-0.15, -0.1) is 0 Å². The molecule has 0 aromatic heterocycles. The zero-order valence-corrected chi connectivity index (χ0v) is 9.52. The molecular weight excluding hydrogens is 200 g/mol. The van der Waals surface area contributed by atoms with Crippen LogP contribution in [-0.2, 0) is 10.0 Å². The van der Waals surface area contributed by atoms with Crippen LogP contribution in [0.1, 0.15) is 39.0 Å². The average molecular weight is 220 g/mol. The molecule has 0 aromatic carbocycles. The minimum absolute atomic E-state index is 0.0758. The van der Waals surface area contributed by atoms with E-state index in [1.165, 1.54) is 0 Å². The zero-order valence-electron chi connectivity index (χ0n) is 8.70. The van der Waals surface area contributed by atoms with E-state index in [2.05, 4.69) is 4.72 Å². The molecule has 2 atom stereocenters. The van der Waals surface area contributed by atoms with Crippen LogP contribution in [0.3, 0.4) is 0 Å². The molecule has 0 bridgehead atoms. The highest BCUT2D eigenvalue weighted by atomic mass is 32.2. The van der Waals surface area contributed by atoms with Crippen LogP contribution < -0.4 is 10.5 Å². The second-order valence-corrected chi connectivity index (χ2v) is 5.93. The first kappa shape index (κ1) is 11.9. The Bertz CT molecular complexity index is 264. The van der Waals surface area contributed by atoms with Crippen LogP contribution >= 0.6 is 0 Å². The van der Waals surface area contributed by atoms with Gasteiger partial charge in [-0.25, -0.2) is 13.1 Å². The zero-order chi connectivity index (χ0) is 10.6. The molecule has 3 N–H and O–H groups in total. The number of nitrogens with one attached hydrogen (secondary N) is 1. The molecule has 0 aliphatic heterocycles. The summed E-state index contributed by atoms with van der Waals surface area (Å²) in [6.07, 6.45) is 4.23. The maximum Gasteiger partial charge on any atom is 0.211 e. The van der Waals surface area contributed by atoms with Crippen LogP contribution in [0.25, 0.3) is 0 Å². The van der Waals surface area contributed by atoms with Crippen molar-refractivity contribution in [3.8, 4) is 0 Å². The van der Waals surface area contributed by atoms with E-state index >= 15 is 0 Å². The van der Waals surface area contributed by atoms with Gasteiger partial charge < -0.3 is 5.73 Å². The highest BCUT2D eigenvalue weighted by molar-refractivity contribution is 7.89. The van der Waals surface area contributed by atoms with Gasteiger partial charge in [-0.2, -0.15) is 0 Å². The predicted octanol–water partition coefficient (Wildman–Crippen LogP) is 0.586. The van der Waals surface area contributed by atoms with Crippen LogP contribution in [-0.4, -0.2) is 26.3 Å². The molecule has 1 saturated carbocycles. The maximum absolute atomic E-state index is 11.5. The van der Waals surface area contributed by atoms with Gasteiger partial charge >= 0.3 is 0 Å². The molecule has 1 aliphatic rings. The van der Waals surface area contributed by atoms with Crippen LogP contribution in [0, 0.1) is 0 Å². The second kappa shape index (κ2) is 5.09. The summed E-state index contributed by atoms with van der Waals surface area (Å²) in [5.41, 5.74) is 5.71. The summed E-state index contributed by atoms with van der Waals surface area (Å²) in [6, 6.07) is 0.251. The number of nitrogens with two attached hydrogens (primary N) is 1. The Morgan fingerprint density at radius 2 is 2.14 bits per heavy atom. The Balaban J connectivity index is 2.35. The highest BCUT2D eigenvalue weighted by Crippen LogP contribution is 2.17. The normalized spacial score (nSPS) is 28.1. The first-order valence-electron chi connectivity index (χ1n) is 5.29. The monoisotopic (exact) mass is 220 g/mol. The first-order chi connectivity index (χ1) is 6.53. The fourth-order valence-corrected chi connectivity index (χ4v) is 3.28. The topological polar surface area (TPSA) is 72.2 Å². The molecule has 4 nitrogen and oxygen atoms in total. The number of rotatable bonds is 5. The fourth-order valence-electron chi connectivity index (χ4n) is 1.77. The standard InChI is InChI=1S/C9H20N2O2S/c1-2-3-6-14(12,13)11-9-5-4-8(10)7-9/h8-9,11H,2-7,10H2,1H3. The third-order valence-corrected chi connectivity index (χ3v) is 4.10. The van der Waals surface area contributed by atoms with Crippen molar-refractivity contribution < 1.29 is 8.42 Å². The molecule has 5 heteroatoms. The maximum atomic E-state index is 11.5. The minimum Gasteiger partial charge on any atom is -0.328 e. The summed E-state index contributed by atoms with van der Waals surface area (Å²) in [5.74, 6) is 0.245. The molecule has 0 aromatic rings. The summed E-state index contributed by atoms with van der Waals surface area (Å²) in [7, 11) is -3.06. The molecule has 0 heterocycles. The molecule has 84 valence electrons. The Morgan fingerprint density at radius 1 is 1.43 bits per heavy atom. The Hall–Kier alpha value is -0.130. The number of unbranched alkanes of at least 4 members (excludes halogenated alkanes) is 1. The quantitative estimate of drug-likeness (QED) is 0.712. The van der Waals surface area contributed by atoms with Gasteiger partial charge in [0.25, 0.3) is 0 Å². The van der Waals surface area contributed by atoms with Crippen molar-refractivity contribution in [2.24, 2.45) is 5.73 Å². The molecule has 14 heavy (non-hydrogen) atoms. The van der Waals surface area contributed by atoms with E-state index in [1.807, 2.05) is 6.92 Å². The molecule has 0 amide bonds. The van der Waals surface area contributed by atoms with Crippen molar-refractivity contribution in [1.29, 1.82) is 0 Å². The molecule has 2 unspecified atom stereocenters. The smallest absolute Gasteiger partial charge is 0.211 e. The van der Waals surface area contributed by atoms with E-state index in [9.17, 15) is 8.42 Å². The third kappa shape index (κ3) is 3.94. The average Bonchev–Trinajstić information content (AvgIpc) is 2.47. The van der Waals surface area contributed by atoms with E-state index in [0.717, 1.165) is 32.1 Å². The molecule has 0 saturated heterocycles. The first-order valence-corrected chi connectivity index (χ1v) is 6.94. The summed E-state index contributed by atoms with van der Waals surface area (Å²) in [6.45, 7) is 1.99. The Labute approximate surface area is 86.3 Å². The van der Waals surface area contributed by atoms with E-state index in [0.29, 0.717) is 0 Å². The van der Waals surface area contributed by atoms with Gasteiger partial charge in [0, 0.05) is 12.1 Å². The van der Waals surface area contributed by atoms with Gasteiger partial charge in [-0.3, -0.25) is 0 Å². The Kier molecular flexibility index (Phi) is 4.34. The van der Waals surface area contributed by atoms with E-state index in [-0.39, 0.29) is 17.8 Å². The van der Waals surface area contributed by atoms with Crippen molar-refractivity contribution in [2.75, 3.05) is 5.75 Å². The van der Waals surface area contributed by atoms with Gasteiger partial charge in [-0.1, -0.05) is 13.3 Å². The predicted molar refractivity (Wildman–Crippen MR) is 57.4 cm³/mol. The molecule has 1 fully saturated rings. The number of hydrogen-bond donors (Lipinski definition) is 2. The summed E-state index contributed by atoms with van der Waals surface area (Å²) < 4.78 is 25.7. The molecule has 0 radical (unpaired) electrons. The van der Waals surface area contributed by atoms with Gasteiger partial charge in [-0.05, 0) is 25.7 Å². The second-order valence-electron chi connectivity index (χ2n) is 4.06. The van der Waals surface area contributed by atoms with Crippen molar-refractivity contribution in [2.45, 2.75) is 51.1 Å². The van der Waals surface area contributed by atoms with Crippen LogP contribution in [0.15, 0.2) is 0 Å². The van der Waals surface area contributed by atoms with Crippen molar-refractivity contribution in [3.63, 3.8) is 0 Å². The van der Waals surface area contributed by atoms with Gasteiger partial charge in [0.15, 0.2) is 0 Å². The third-order valence-electron chi connectivity index (χ3n) is 2.59. The van der Waals surface area contributed by atoms with Crippen LogP contribution in [0.4, 0.5) is 0 Å². The summed E-state index contributed by atoms with van der Waals surface area (Å²) >= 11 is 0. The minimum atomic E-state index is -3.06. The van der Waals surface area contributed by atoms with E-state index in [1.54, 1.807) is 0 Å². The molecule has 1 rings (SSSR count). The highest BCUT2D eigenvalue weighted by Gasteiger charge is 2.25.